The molecular weight excluding hydrogens is 256 g/mol. The Morgan fingerprint density at radius 1 is 1.00 bits per heavy atom. The quantitative estimate of drug-likeness (QED) is 0.738. The van der Waals surface area contributed by atoms with Crippen molar-refractivity contribution in [3.05, 3.63) is 69.7 Å². The lowest BCUT2D eigenvalue weighted by Crippen LogP contribution is -2.06. The third-order valence-electron chi connectivity index (χ3n) is 3.31. The maximum atomic E-state index is 12.6. The SMILES string of the molecule is CCc1ccc(CC)c(C(=O)c2ccc(Cl)cc2)c1. The molecule has 0 heterocycles. The molecule has 98 valence electrons. The predicted molar refractivity (Wildman–Crippen MR) is 80.1 cm³/mol. The van der Waals surface area contributed by atoms with Crippen LogP contribution in [-0.4, -0.2) is 5.78 Å². The van der Waals surface area contributed by atoms with Gasteiger partial charge >= 0.3 is 0 Å². The van der Waals surface area contributed by atoms with Gasteiger partial charge in [-0.3, -0.25) is 4.79 Å². The summed E-state index contributed by atoms with van der Waals surface area (Å²) >= 11 is 5.86. The van der Waals surface area contributed by atoms with E-state index in [4.69, 9.17) is 11.6 Å². The summed E-state index contributed by atoms with van der Waals surface area (Å²) in [4.78, 5) is 12.6. The Hall–Kier alpha value is -1.60. The molecule has 19 heavy (non-hydrogen) atoms. The Morgan fingerprint density at radius 2 is 1.68 bits per heavy atom. The summed E-state index contributed by atoms with van der Waals surface area (Å²) in [5, 5.41) is 0.648. The minimum Gasteiger partial charge on any atom is -0.289 e. The highest BCUT2D eigenvalue weighted by atomic mass is 35.5. The number of hydrogen-bond donors (Lipinski definition) is 0. The van der Waals surface area contributed by atoms with Crippen molar-refractivity contribution in [2.75, 3.05) is 0 Å². The van der Waals surface area contributed by atoms with Gasteiger partial charge in [-0.25, -0.2) is 0 Å². The van der Waals surface area contributed by atoms with Crippen molar-refractivity contribution in [1.82, 2.24) is 0 Å². The van der Waals surface area contributed by atoms with Gasteiger partial charge in [0.15, 0.2) is 5.78 Å². The Kier molecular flexibility index (Phi) is 4.39. The van der Waals surface area contributed by atoms with Crippen LogP contribution in [0.5, 0.6) is 0 Å². The highest BCUT2D eigenvalue weighted by molar-refractivity contribution is 6.30. The molecule has 2 heteroatoms. The van der Waals surface area contributed by atoms with Crippen molar-refractivity contribution in [2.24, 2.45) is 0 Å². The Bertz CT molecular complexity index is 585. The maximum absolute atomic E-state index is 12.6. The highest BCUT2D eigenvalue weighted by Gasteiger charge is 2.13. The smallest absolute Gasteiger partial charge is 0.193 e. The molecule has 0 aliphatic carbocycles. The number of carbonyl (C=O) groups excluding carboxylic acids is 1. The molecule has 0 saturated carbocycles. The van der Waals surface area contributed by atoms with Crippen LogP contribution in [0.15, 0.2) is 42.5 Å². The molecule has 2 aromatic carbocycles. The van der Waals surface area contributed by atoms with Crippen molar-refractivity contribution in [1.29, 1.82) is 0 Å². The standard InChI is InChI=1S/C17H17ClO/c1-3-12-5-6-13(4-2)16(11-12)17(19)14-7-9-15(18)10-8-14/h5-11H,3-4H2,1-2H3. The van der Waals surface area contributed by atoms with Crippen molar-refractivity contribution in [2.45, 2.75) is 26.7 Å². The van der Waals surface area contributed by atoms with Crippen LogP contribution in [0, 0.1) is 0 Å². The van der Waals surface area contributed by atoms with E-state index in [1.54, 1.807) is 24.3 Å². The van der Waals surface area contributed by atoms with Crippen molar-refractivity contribution in [3.8, 4) is 0 Å². The average Bonchev–Trinajstić information content (AvgIpc) is 2.46. The van der Waals surface area contributed by atoms with E-state index in [0.717, 1.165) is 24.0 Å². The molecule has 0 amide bonds. The van der Waals surface area contributed by atoms with E-state index in [-0.39, 0.29) is 5.78 Å². The average molecular weight is 273 g/mol. The second-order valence-corrected chi connectivity index (χ2v) is 4.97. The first-order valence-electron chi connectivity index (χ1n) is 6.57. The van der Waals surface area contributed by atoms with Crippen LogP contribution < -0.4 is 0 Å². The lowest BCUT2D eigenvalue weighted by Gasteiger charge is -2.09. The molecule has 2 rings (SSSR count). The topological polar surface area (TPSA) is 17.1 Å². The summed E-state index contributed by atoms with van der Waals surface area (Å²) in [6.07, 6.45) is 1.80. The van der Waals surface area contributed by atoms with E-state index >= 15 is 0 Å². The van der Waals surface area contributed by atoms with E-state index < -0.39 is 0 Å². The first-order valence-corrected chi connectivity index (χ1v) is 6.95. The molecule has 0 fully saturated rings. The Labute approximate surface area is 119 Å². The van der Waals surface area contributed by atoms with E-state index in [0.29, 0.717) is 10.6 Å². The number of ketones is 1. The molecule has 0 bridgehead atoms. The van der Waals surface area contributed by atoms with Crippen LogP contribution in [0.25, 0.3) is 0 Å². The van der Waals surface area contributed by atoms with Gasteiger partial charge in [0.1, 0.15) is 0 Å². The van der Waals surface area contributed by atoms with Crippen LogP contribution >= 0.6 is 11.6 Å². The molecule has 1 nitrogen and oxygen atoms in total. The van der Waals surface area contributed by atoms with Gasteiger partial charge in [0.25, 0.3) is 0 Å². The summed E-state index contributed by atoms with van der Waals surface area (Å²) in [5.74, 6) is 0.0730. The normalized spacial score (nSPS) is 10.5. The predicted octanol–water partition coefficient (Wildman–Crippen LogP) is 4.70. The molecule has 0 N–H and O–H groups in total. The van der Waals surface area contributed by atoms with Gasteiger partial charge in [-0.05, 0) is 54.3 Å². The fraction of sp³-hybridized carbons (Fsp3) is 0.235. The summed E-state index contributed by atoms with van der Waals surface area (Å²) in [6.45, 7) is 4.16. The van der Waals surface area contributed by atoms with Gasteiger partial charge in [-0.15, -0.1) is 0 Å². The van der Waals surface area contributed by atoms with Gasteiger partial charge in [0, 0.05) is 16.1 Å². The molecule has 2 aromatic rings. The van der Waals surface area contributed by atoms with Gasteiger partial charge in [-0.1, -0.05) is 37.6 Å². The largest absolute Gasteiger partial charge is 0.289 e. The Balaban J connectivity index is 2.44. The zero-order chi connectivity index (χ0) is 13.8. The molecule has 0 aliphatic heterocycles. The number of aryl methyl sites for hydroxylation is 2. The van der Waals surface area contributed by atoms with E-state index in [9.17, 15) is 4.79 Å². The first kappa shape index (κ1) is 13.8. The summed E-state index contributed by atoms with van der Waals surface area (Å²) < 4.78 is 0. The molecule has 0 saturated heterocycles. The molecule has 0 radical (unpaired) electrons. The number of carbonyl (C=O) groups is 1. The van der Waals surface area contributed by atoms with Gasteiger partial charge in [-0.2, -0.15) is 0 Å². The maximum Gasteiger partial charge on any atom is 0.193 e. The second kappa shape index (κ2) is 6.03. The zero-order valence-electron chi connectivity index (χ0n) is 11.2. The van der Waals surface area contributed by atoms with Crippen LogP contribution in [0.1, 0.15) is 40.9 Å². The fourth-order valence-electron chi connectivity index (χ4n) is 2.12. The summed E-state index contributed by atoms with van der Waals surface area (Å²) in [5.41, 5.74) is 3.78. The molecule has 0 aromatic heterocycles. The minimum atomic E-state index is 0.0730. The van der Waals surface area contributed by atoms with Crippen molar-refractivity contribution < 1.29 is 4.79 Å². The summed E-state index contributed by atoms with van der Waals surface area (Å²) in [7, 11) is 0. The fourth-order valence-corrected chi connectivity index (χ4v) is 2.25. The number of hydrogen-bond acceptors (Lipinski definition) is 1. The molecular formula is C17H17ClO. The third kappa shape index (κ3) is 3.05. The van der Waals surface area contributed by atoms with Crippen LogP contribution in [0.4, 0.5) is 0 Å². The van der Waals surface area contributed by atoms with Gasteiger partial charge < -0.3 is 0 Å². The van der Waals surface area contributed by atoms with Crippen molar-refractivity contribution in [3.63, 3.8) is 0 Å². The highest BCUT2D eigenvalue weighted by Crippen LogP contribution is 2.19. The van der Waals surface area contributed by atoms with Crippen LogP contribution in [0.2, 0.25) is 5.02 Å². The van der Waals surface area contributed by atoms with Gasteiger partial charge in [0.05, 0.1) is 0 Å². The number of halogens is 1. The molecule has 0 unspecified atom stereocenters. The van der Waals surface area contributed by atoms with E-state index in [2.05, 4.69) is 26.0 Å². The lowest BCUT2D eigenvalue weighted by atomic mass is 9.94. The molecule has 0 atom stereocenters. The summed E-state index contributed by atoms with van der Waals surface area (Å²) in [6, 6.07) is 13.2. The van der Waals surface area contributed by atoms with Crippen LogP contribution in [-0.2, 0) is 12.8 Å². The number of benzene rings is 2. The van der Waals surface area contributed by atoms with Crippen LogP contribution in [0.3, 0.4) is 0 Å². The Morgan fingerprint density at radius 3 is 2.26 bits per heavy atom. The number of rotatable bonds is 4. The lowest BCUT2D eigenvalue weighted by molar-refractivity contribution is 0.103. The first-order chi connectivity index (χ1) is 9.15. The van der Waals surface area contributed by atoms with E-state index in [1.807, 2.05) is 6.07 Å². The second-order valence-electron chi connectivity index (χ2n) is 4.53. The monoisotopic (exact) mass is 272 g/mol. The zero-order valence-corrected chi connectivity index (χ0v) is 12.0. The third-order valence-corrected chi connectivity index (χ3v) is 3.57. The molecule has 0 aliphatic rings. The minimum absolute atomic E-state index is 0.0730. The molecule has 0 spiro atoms. The van der Waals surface area contributed by atoms with Crippen molar-refractivity contribution >= 4 is 17.4 Å². The van der Waals surface area contributed by atoms with E-state index in [1.165, 1.54) is 5.56 Å². The van der Waals surface area contributed by atoms with Gasteiger partial charge in [0.2, 0.25) is 0 Å².